The number of benzene rings is 1. The Morgan fingerprint density at radius 3 is 2.75 bits per heavy atom. The topological polar surface area (TPSA) is 74.2 Å². The predicted molar refractivity (Wildman–Crippen MR) is 76.8 cm³/mol. The number of rotatable bonds is 2. The van der Waals surface area contributed by atoms with E-state index in [1.807, 2.05) is 25.1 Å². The maximum Gasteiger partial charge on any atom is 0.247 e. The lowest BCUT2D eigenvalue weighted by Gasteiger charge is -2.27. The molecule has 0 saturated carbocycles. The van der Waals surface area contributed by atoms with Crippen LogP contribution in [-0.2, 0) is 11.2 Å². The van der Waals surface area contributed by atoms with Gasteiger partial charge in [0.1, 0.15) is 11.8 Å². The summed E-state index contributed by atoms with van der Waals surface area (Å²) in [7, 11) is 0. The lowest BCUT2D eigenvalue weighted by molar-refractivity contribution is -0.117. The Hall–Kier alpha value is -2.56. The molecule has 1 unspecified atom stereocenters. The van der Waals surface area contributed by atoms with Crippen LogP contribution in [0.3, 0.4) is 0 Å². The van der Waals surface area contributed by atoms with E-state index in [9.17, 15) is 9.90 Å². The highest BCUT2D eigenvalue weighted by atomic mass is 16.3. The summed E-state index contributed by atoms with van der Waals surface area (Å²) in [5, 5.41) is 15.3. The molecule has 5 nitrogen and oxygen atoms in total. The molecule has 2 heterocycles. The van der Waals surface area contributed by atoms with Crippen molar-refractivity contribution in [1.82, 2.24) is 4.98 Å². The summed E-state index contributed by atoms with van der Waals surface area (Å²) in [6.45, 7) is 1.93. The van der Waals surface area contributed by atoms with Crippen molar-refractivity contribution in [2.45, 2.75) is 19.4 Å². The molecule has 102 valence electrons. The largest absolute Gasteiger partial charge is 0.508 e. The number of anilines is 2. The van der Waals surface area contributed by atoms with Gasteiger partial charge in [-0.3, -0.25) is 4.79 Å². The zero-order valence-electron chi connectivity index (χ0n) is 11.1. The molecule has 0 aliphatic carbocycles. The Morgan fingerprint density at radius 1 is 1.25 bits per heavy atom. The second kappa shape index (κ2) is 4.85. The Balaban J connectivity index is 1.82. The van der Waals surface area contributed by atoms with Crippen molar-refractivity contribution < 1.29 is 9.90 Å². The summed E-state index contributed by atoms with van der Waals surface area (Å²) >= 11 is 0. The molecule has 1 aliphatic rings. The van der Waals surface area contributed by atoms with Crippen molar-refractivity contribution in [2.75, 3.05) is 10.6 Å². The van der Waals surface area contributed by atoms with Crippen LogP contribution in [0, 0.1) is 6.92 Å². The number of phenols is 1. The lowest BCUT2D eigenvalue weighted by Crippen LogP contribution is -2.41. The maximum atomic E-state index is 12.1. The van der Waals surface area contributed by atoms with Gasteiger partial charge in [-0.25, -0.2) is 4.98 Å². The zero-order valence-corrected chi connectivity index (χ0v) is 11.1. The fourth-order valence-electron chi connectivity index (χ4n) is 2.28. The molecule has 0 radical (unpaired) electrons. The summed E-state index contributed by atoms with van der Waals surface area (Å²) in [6.07, 6.45) is 2.26. The molecular weight excluding hydrogens is 254 g/mol. The van der Waals surface area contributed by atoms with Crippen molar-refractivity contribution >= 4 is 17.4 Å². The molecule has 3 rings (SSSR count). The van der Waals surface area contributed by atoms with Crippen LogP contribution in [0.2, 0.25) is 0 Å². The number of carbonyl (C=O) groups excluding carboxylic acids is 1. The first-order valence-electron chi connectivity index (χ1n) is 6.44. The summed E-state index contributed by atoms with van der Waals surface area (Å²) < 4.78 is 0. The Labute approximate surface area is 116 Å². The van der Waals surface area contributed by atoms with Gasteiger partial charge < -0.3 is 15.7 Å². The van der Waals surface area contributed by atoms with Gasteiger partial charge in [0.15, 0.2) is 5.82 Å². The van der Waals surface area contributed by atoms with Gasteiger partial charge in [-0.2, -0.15) is 0 Å². The number of nitrogens with one attached hydrogen (secondary N) is 2. The molecule has 0 fully saturated rings. The van der Waals surface area contributed by atoms with E-state index in [1.165, 1.54) is 0 Å². The number of carbonyl (C=O) groups is 1. The summed E-state index contributed by atoms with van der Waals surface area (Å²) in [5.74, 6) is 0.854. The lowest BCUT2D eigenvalue weighted by atomic mass is 10.0. The number of hydrogen-bond donors (Lipinski definition) is 3. The van der Waals surface area contributed by atoms with Gasteiger partial charge in [0, 0.05) is 12.6 Å². The minimum atomic E-state index is -0.360. The molecule has 1 atom stereocenters. The van der Waals surface area contributed by atoms with Crippen molar-refractivity contribution in [2.24, 2.45) is 0 Å². The second-order valence-corrected chi connectivity index (χ2v) is 4.91. The van der Waals surface area contributed by atoms with E-state index < -0.39 is 0 Å². The maximum absolute atomic E-state index is 12.1. The van der Waals surface area contributed by atoms with Gasteiger partial charge in [-0.05, 0) is 36.2 Å². The van der Waals surface area contributed by atoms with Crippen molar-refractivity contribution in [1.29, 1.82) is 0 Å². The van der Waals surface area contributed by atoms with E-state index in [1.54, 1.807) is 18.3 Å². The van der Waals surface area contributed by atoms with Crippen LogP contribution in [0.5, 0.6) is 5.75 Å². The highest BCUT2D eigenvalue weighted by molar-refractivity contribution is 6.03. The number of aromatic nitrogens is 1. The average Bonchev–Trinajstić information content (AvgIpc) is 2.43. The smallest absolute Gasteiger partial charge is 0.247 e. The third kappa shape index (κ3) is 2.30. The van der Waals surface area contributed by atoms with Gasteiger partial charge in [0.25, 0.3) is 0 Å². The number of aromatic hydroxyl groups is 1. The Kier molecular flexibility index (Phi) is 3.02. The number of fused-ring (bicyclic) bond motifs is 1. The first-order chi connectivity index (χ1) is 9.63. The molecular formula is C15H15N3O2. The molecule has 0 bridgehead atoms. The minimum Gasteiger partial charge on any atom is -0.508 e. The number of aryl methyl sites for hydroxylation is 1. The molecule has 20 heavy (non-hydrogen) atoms. The fraction of sp³-hybridized carbons (Fsp3) is 0.200. The second-order valence-electron chi connectivity index (χ2n) is 4.91. The van der Waals surface area contributed by atoms with Crippen molar-refractivity contribution in [3.8, 4) is 5.75 Å². The van der Waals surface area contributed by atoms with Gasteiger partial charge in [-0.15, -0.1) is 0 Å². The molecule has 2 aromatic rings. The van der Waals surface area contributed by atoms with E-state index in [2.05, 4.69) is 15.6 Å². The number of amides is 1. The zero-order chi connectivity index (χ0) is 14.1. The minimum absolute atomic E-state index is 0.0679. The predicted octanol–water partition coefficient (Wildman–Crippen LogP) is 2.07. The van der Waals surface area contributed by atoms with Gasteiger partial charge in [-0.1, -0.05) is 12.1 Å². The molecule has 3 N–H and O–H groups in total. The van der Waals surface area contributed by atoms with E-state index in [-0.39, 0.29) is 17.7 Å². The molecule has 1 aromatic heterocycles. The van der Waals surface area contributed by atoms with Crippen LogP contribution in [0.25, 0.3) is 0 Å². The first kappa shape index (κ1) is 12.5. The first-order valence-corrected chi connectivity index (χ1v) is 6.44. The highest BCUT2D eigenvalue weighted by Gasteiger charge is 2.27. The molecule has 5 heteroatoms. The number of phenolic OH excluding ortho intramolecular Hbond substituents is 1. The van der Waals surface area contributed by atoms with Gasteiger partial charge in [0.2, 0.25) is 5.91 Å². The molecule has 0 spiro atoms. The van der Waals surface area contributed by atoms with Crippen LogP contribution < -0.4 is 10.6 Å². The Bertz CT molecular complexity index is 653. The quantitative estimate of drug-likeness (QED) is 0.780. The summed E-state index contributed by atoms with van der Waals surface area (Å²) in [5.41, 5.74) is 2.71. The standard InChI is InChI=1S/C15H15N3O2/c1-9-6-7-16-14-13(9)18-15(20)12(17-14)8-10-2-4-11(19)5-3-10/h2-7,12,19H,8H2,1H3,(H,16,17)(H,18,20). The van der Waals surface area contributed by atoms with E-state index in [0.29, 0.717) is 12.2 Å². The van der Waals surface area contributed by atoms with Crippen LogP contribution >= 0.6 is 0 Å². The van der Waals surface area contributed by atoms with Crippen LogP contribution in [-0.4, -0.2) is 22.0 Å². The van der Waals surface area contributed by atoms with E-state index in [4.69, 9.17) is 0 Å². The van der Waals surface area contributed by atoms with Crippen molar-refractivity contribution in [3.05, 3.63) is 47.7 Å². The highest BCUT2D eigenvalue weighted by Crippen LogP contribution is 2.28. The molecule has 1 aliphatic heterocycles. The number of nitrogens with zero attached hydrogens (tertiary/aromatic N) is 1. The van der Waals surface area contributed by atoms with Gasteiger partial charge in [0.05, 0.1) is 5.69 Å². The van der Waals surface area contributed by atoms with Gasteiger partial charge >= 0.3 is 0 Å². The number of pyridine rings is 1. The molecule has 1 aromatic carbocycles. The van der Waals surface area contributed by atoms with Crippen LogP contribution in [0.1, 0.15) is 11.1 Å². The third-order valence-corrected chi connectivity index (χ3v) is 3.41. The third-order valence-electron chi connectivity index (χ3n) is 3.41. The van der Waals surface area contributed by atoms with E-state index in [0.717, 1.165) is 16.8 Å². The summed E-state index contributed by atoms with van der Waals surface area (Å²) in [4.78, 5) is 16.4. The monoisotopic (exact) mass is 269 g/mol. The Morgan fingerprint density at radius 2 is 2.00 bits per heavy atom. The van der Waals surface area contributed by atoms with Crippen molar-refractivity contribution in [3.63, 3.8) is 0 Å². The molecule has 0 saturated heterocycles. The normalized spacial score (nSPS) is 17.1. The van der Waals surface area contributed by atoms with Crippen LogP contribution in [0.15, 0.2) is 36.5 Å². The van der Waals surface area contributed by atoms with E-state index >= 15 is 0 Å². The summed E-state index contributed by atoms with van der Waals surface area (Å²) in [6, 6.07) is 8.36. The SMILES string of the molecule is Cc1ccnc2c1NC(=O)C(Cc1ccc(O)cc1)N2. The van der Waals surface area contributed by atoms with Crippen LogP contribution in [0.4, 0.5) is 11.5 Å². The average molecular weight is 269 g/mol. The fourth-order valence-corrected chi connectivity index (χ4v) is 2.28. The number of hydrogen-bond acceptors (Lipinski definition) is 4. The molecule has 1 amide bonds.